The molecule has 3 N–H and O–H groups in total. The quantitative estimate of drug-likeness (QED) is 0.899. The van der Waals surface area contributed by atoms with E-state index in [0.29, 0.717) is 11.9 Å². The summed E-state index contributed by atoms with van der Waals surface area (Å²) in [6.45, 7) is 14.0. The minimum absolute atomic E-state index is 0.380. The summed E-state index contributed by atoms with van der Waals surface area (Å²) in [7, 11) is 1.73. The molecule has 2 rings (SSSR count). The molecule has 1 unspecified atom stereocenters. The molecule has 1 saturated heterocycles. The highest BCUT2D eigenvalue weighted by atomic mass is 16.5. The van der Waals surface area contributed by atoms with Crippen molar-refractivity contribution in [3.8, 4) is 0 Å². The van der Waals surface area contributed by atoms with Crippen molar-refractivity contribution in [3.63, 3.8) is 0 Å². The zero-order valence-electron chi connectivity index (χ0n) is 15.1. The van der Waals surface area contributed by atoms with Gasteiger partial charge in [0.05, 0.1) is 18.5 Å². The first kappa shape index (κ1) is 20.7. The van der Waals surface area contributed by atoms with E-state index in [9.17, 15) is 0 Å². The van der Waals surface area contributed by atoms with E-state index in [-0.39, 0.29) is 0 Å². The molecule has 1 fully saturated rings. The molecule has 5 heteroatoms. The molecular formula is C17H34N4O. The van der Waals surface area contributed by atoms with Gasteiger partial charge >= 0.3 is 0 Å². The first-order valence-corrected chi connectivity index (χ1v) is 8.31. The standard InChI is InChI=1S/C12H20N4O.C3H8.C2H6/c1-9-5-12(13)15-6-11(9)16-4-3-14-10(7-16)8-17-2;1-3-2;1-2/h5-6,10,14H,3-4,7-8H2,1-2H3,(H2,13,15);3H2,1-2H3;1-2H3. The highest BCUT2D eigenvalue weighted by Gasteiger charge is 2.20. The summed E-state index contributed by atoms with van der Waals surface area (Å²) in [6, 6.07) is 2.30. The molecule has 0 aromatic carbocycles. The Balaban J connectivity index is 0.000000789. The minimum Gasteiger partial charge on any atom is -0.384 e. The largest absolute Gasteiger partial charge is 0.384 e. The van der Waals surface area contributed by atoms with E-state index in [0.717, 1.165) is 26.2 Å². The van der Waals surface area contributed by atoms with Crippen molar-refractivity contribution < 1.29 is 4.74 Å². The van der Waals surface area contributed by atoms with E-state index in [1.165, 1.54) is 17.7 Å². The van der Waals surface area contributed by atoms with Gasteiger partial charge in [-0.05, 0) is 18.6 Å². The minimum atomic E-state index is 0.380. The van der Waals surface area contributed by atoms with Crippen LogP contribution in [0.15, 0.2) is 12.3 Å². The van der Waals surface area contributed by atoms with Crippen molar-refractivity contribution in [1.29, 1.82) is 0 Å². The molecular weight excluding hydrogens is 276 g/mol. The van der Waals surface area contributed by atoms with Crippen LogP contribution in [0.2, 0.25) is 0 Å². The van der Waals surface area contributed by atoms with Crippen molar-refractivity contribution in [2.75, 3.05) is 44.0 Å². The molecule has 128 valence electrons. The van der Waals surface area contributed by atoms with Crippen molar-refractivity contribution in [1.82, 2.24) is 10.3 Å². The fourth-order valence-corrected chi connectivity index (χ4v) is 2.26. The highest BCUT2D eigenvalue weighted by molar-refractivity contribution is 5.55. The second kappa shape index (κ2) is 12.2. The molecule has 1 aromatic heterocycles. The third-order valence-electron chi connectivity index (χ3n) is 3.07. The Morgan fingerprint density at radius 2 is 2.05 bits per heavy atom. The average molecular weight is 310 g/mol. The van der Waals surface area contributed by atoms with Gasteiger partial charge in [0.25, 0.3) is 0 Å². The number of aromatic nitrogens is 1. The van der Waals surface area contributed by atoms with Crippen LogP contribution in [0, 0.1) is 6.92 Å². The summed E-state index contributed by atoms with van der Waals surface area (Å²) in [5.74, 6) is 0.579. The number of hydrogen-bond donors (Lipinski definition) is 2. The van der Waals surface area contributed by atoms with Crippen LogP contribution in [0.1, 0.15) is 39.7 Å². The Hall–Kier alpha value is -1.33. The number of aryl methyl sites for hydroxylation is 1. The first-order chi connectivity index (χ1) is 10.6. The number of rotatable bonds is 3. The van der Waals surface area contributed by atoms with Gasteiger partial charge in [-0.3, -0.25) is 0 Å². The summed E-state index contributed by atoms with van der Waals surface area (Å²) in [5, 5.41) is 3.44. The summed E-state index contributed by atoms with van der Waals surface area (Å²) in [6.07, 6.45) is 3.11. The number of anilines is 2. The van der Waals surface area contributed by atoms with Gasteiger partial charge < -0.3 is 20.7 Å². The number of hydrogen-bond acceptors (Lipinski definition) is 5. The SMILES string of the molecule is CC.CCC.COCC1CN(c2cnc(N)cc2C)CCN1. The molecule has 0 aliphatic carbocycles. The Labute approximate surface area is 136 Å². The van der Waals surface area contributed by atoms with Crippen LogP contribution in [-0.2, 0) is 4.74 Å². The fraction of sp³-hybridized carbons (Fsp3) is 0.706. The number of ether oxygens (including phenoxy) is 1. The Morgan fingerprint density at radius 3 is 2.59 bits per heavy atom. The monoisotopic (exact) mass is 310 g/mol. The second-order valence-corrected chi connectivity index (χ2v) is 5.16. The molecule has 0 radical (unpaired) electrons. The Morgan fingerprint density at radius 1 is 1.41 bits per heavy atom. The summed E-state index contributed by atoms with van der Waals surface area (Å²) in [5.41, 5.74) is 8.01. The molecule has 1 aliphatic heterocycles. The highest BCUT2D eigenvalue weighted by Crippen LogP contribution is 2.21. The number of nitrogens with two attached hydrogens (primary N) is 1. The van der Waals surface area contributed by atoms with Crippen LogP contribution in [0.25, 0.3) is 0 Å². The van der Waals surface area contributed by atoms with Crippen LogP contribution in [0.4, 0.5) is 11.5 Å². The molecule has 0 bridgehead atoms. The lowest BCUT2D eigenvalue weighted by molar-refractivity contribution is 0.163. The zero-order chi connectivity index (χ0) is 17.0. The zero-order valence-corrected chi connectivity index (χ0v) is 15.1. The molecule has 0 saturated carbocycles. The van der Waals surface area contributed by atoms with Gasteiger partial charge in [-0.25, -0.2) is 4.98 Å². The van der Waals surface area contributed by atoms with Crippen molar-refractivity contribution in [2.45, 2.75) is 47.1 Å². The van der Waals surface area contributed by atoms with Gasteiger partial charge in [0.15, 0.2) is 0 Å². The summed E-state index contributed by atoms with van der Waals surface area (Å²) >= 11 is 0. The Bertz CT molecular complexity index is 396. The molecule has 1 atom stereocenters. The number of pyridine rings is 1. The maximum atomic E-state index is 5.67. The molecule has 22 heavy (non-hydrogen) atoms. The molecule has 1 aromatic rings. The van der Waals surface area contributed by atoms with E-state index < -0.39 is 0 Å². The molecule has 5 nitrogen and oxygen atoms in total. The van der Waals surface area contributed by atoms with E-state index in [1.807, 2.05) is 26.1 Å². The summed E-state index contributed by atoms with van der Waals surface area (Å²) in [4.78, 5) is 6.51. The van der Waals surface area contributed by atoms with Crippen LogP contribution in [-0.4, -0.2) is 44.4 Å². The predicted octanol–water partition coefficient (Wildman–Crippen LogP) is 2.84. The van der Waals surface area contributed by atoms with E-state index in [2.05, 4.69) is 36.0 Å². The van der Waals surface area contributed by atoms with Crippen LogP contribution >= 0.6 is 0 Å². The molecule has 2 heterocycles. The average Bonchev–Trinajstić information content (AvgIpc) is 2.51. The van der Waals surface area contributed by atoms with Gasteiger partial charge in [0, 0.05) is 32.8 Å². The first-order valence-electron chi connectivity index (χ1n) is 8.31. The number of nitrogens with zero attached hydrogens (tertiary/aromatic N) is 2. The van der Waals surface area contributed by atoms with Crippen LogP contribution in [0.5, 0.6) is 0 Å². The number of piperazine rings is 1. The molecule has 0 spiro atoms. The maximum absolute atomic E-state index is 5.67. The Kier molecular flexibility index (Phi) is 11.5. The van der Waals surface area contributed by atoms with Gasteiger partial charge in [-0.2, -0.15) is 0 Å². The maximum Gasteiger partial charge on any atom is 0.123 e. The van der Waals surface area contributed by atoms with Gasteiger partial charge in [-0.1, -0.05) is 34.1 Å². The molecule has 0 amide bonds. The van der Waals surface area contributed by atoms with Crippen molar-refractivity contribution >= 4 is 11.5 Å². The van der Waals surface area contributed by atoms with Gasteiger partial charge in [0.1, 0.15) is 5.82 Å². The van der Waals surface area contributed by atoms with Crippen LogP contribution < -0.4 is 16.0 Å². The topological polar surface area (TPSA) is 63.4 Å². The lowest BCUT2D eigenvalue weighted by Crippen LogP contribution is -2.52. The fourth-order valence-electron chi connectivity index (χ4n) is 2.26. The van der Waals surface area contributed by atoms with E-state index in [1.54, 1.807) is 7.11 Å². The second-order valence-electron chi connectivity index (χ2n) is 5.16. The van der Waals surface area contributed by atoms with Gasteiger partial charge in [0.2, 0.25) is 0 Å². The van der Waals surface area contributed by atoms with Crippen molar-refractivity contribution in [3.05, 3.63) is 17.8 Å². The number of nitrogen functional groups attached to an aromatic ring is 1. The van der Waals surface area contributed by atoms with Crippen LogP contribution in [0.3, 0.4) is 0 Å². The number of methoxy groups -OCH3 is 1. The smallest absolute Gasteiger partial charge is 0.123 e. The van der Waals surface area contributed by atoms with E-state index in [4.69, 9.17) is 10.5 Å². The number of nitrogens with one attached hydrogen (secondary N) is 1. The third-order valence-corrected chi connectivity index (χ3v) is 3.07. The normalized spacial score (nSPS) is 17.0. The predicted molar refractivity (Wildman–Crippen MR) is 96.6 cm³/mol. The lowest BCUT2D eigenvalue weighted by atomic mass is 10.1. The summed E-state index contributed by atoms with van der Waals surface area (Å²) < 4.78 is 5.19. The van der Waals surface area contributed by atoms with Crippen molar-refractivity contribution in [2.24, 2.45) is 0 Å². The van der Waals surface area contributed by atoms with Gasteiger partial charge in [-0.15, -0.1) is 0 Å². The lowest BCUT2D eigenvalue weighted by Gasteiger charge is -2.35. The third kappa shape index (κ3) is 7.09. The molecule has 1 aliphatic rings. The van der Waals surface area contributed by atoms with E-state index >= 15 is 0 Å².